The maximum absolute atomic E-state index is 11.7. The normalized spacial score (nSPS) is 12.1. The second-order valence-corrected chi connectivity index (χ2v) is 4.53. The molecule has 0 aliphatic heterocycles. The molecule has 0 heterocycles. The third-order valence-corrected chi connectivity index (χ3v) is 2.67. The van der Waals surface area contributed by atoms with Gasteiger partial charge in [-0.2, -0.15) is 0 Å². The van der Waals surface area contributed by atoms with Crippen LogP contribution in [0.5, 0.6) is 0 Å². The summed E-state index contributed by atoms with van der Waals surface area (Å²) in [5.74, 6) is -0.530. The number of ether oxygens (including phenoxy) is 2. The van der Waals surface area contributed by atoms with E-state index in [1.165, 1.54) is 6.08 Å². The van der Waals surface area contributed by atoms with Crippen molar-refractivity contribution >= 4 is 11.9 Å². The minimum Gasteiger partial charge on any atom is -0.462 e. The van der Waals surface area contributed by atoms with E-state index < -0.39 is 0 Å². The second-order valence-electron chi connectivity index (χ2n) is 4.53. The zero-order valence-electron chi connectivity index (χ0n) is 11.9. The van der Waals surface area contributed by atoms with Crippen molar-refractivity contribution in [3.05, 3.63) is 48.0 Å². The van der Waals surface area contributed by atoms with Crippen molar-refractivity contribution in [2.75, 3.05) is 13.2 Å². The number of allylic oxidation sites excluding steroid dienone is 1. The van der Waals surface area contributed by atoms with E-state index in [0.29, 0.717) is 25.2 Å². The van der Waals surface area contributed by atoms with Gasteiger partial charge in [0.15, 0.2) is 0 Å². The van der Waals surface area contributed by atoms with E-state index in [0.717, 1.165) is 0 Å². The quantitative estimate of drug-likeness (QED) is 0.567. The SMILES string of the molecule is CC=CC(=O)OCC(C)CCOC(=O)c1ccccc1. The molecule has 20 heavy (non-hydrogen) atoms. The number of hydrogen-bond acceptors (Lipinski definition) is 4. The van der Waals surface area contributed by atoms with Gasteiger partial charge in [-0.1, -0.05) is 31.2 Å². The molecule has 0 fully saturated rings. The van der Waals surface area contributed by atoms with Crippen molar-refractivity contribution in [2.45, 2.75) is 20.3 Å². The Bertz CT molecular complexity index is 451. The lowest BCUT2D eigenvalue weighted by atomic mass is 10.1. The van der Waals surface area contributed by atoms with Gasteiger partial charge in [-0.05, 0) is 31.4 Å². The molecule has 0 saturated carbocycles. The molecule has 108 valence electrons. The first-order valence-corrected chi connectivity index (χ1v) is 6.65. The molecule has 0 spiro atoms. The Labute approximate surface area is 119 Å². The Morgan fingerprint density at radius 1 is 1.20 bits per heavy atom. The Balaban J connectivity index is 2.20. The van der Waals surface area contributed by atoms with Gasteiger partial charge in [0.05, 0.1) is 18.8 Å². The van der Waals surface area contributed by atoms with Crippen LogP contribution in [0.1, 0.15) is 30.6 Å². The van der Waals surface area contributed by atoms with Crippen molar-refractivity contribution in [1.82, 2.24) is 0 Å². The van der Waals surface area contributed by atoms with E-state index in [1.807, 2.05) is 13.0 Å². The lowest BCUT2D eigenvalue weighted by Crippen LogP contribution is -2.14. The lowest BCUT2D eigenvalue weighted by molar-refractivity contribution is -0.139. The average molecular weight is 276 g/mol. The maximum atomic E-state index is 11.7. The summed E-state index contributed by atoms with van der Waals surface area (Å²) in [6.07, 6.45) is 3.67. The average Bonchev–Trinajstić information content (AvgIpc) is 2.46. The molecule has 0 aliphatic rings. The topological polar surface area (TPSA) is 52.6 Å². The highest BCUT2D eigenvalue weighted by molar-refractivity contribution is 5.89. The molecule has 1 atom stereocenters. The second kappa shape index (κ2) is 8.91. The molecule has 1 aromatic carbocycles. The fraction of sp³-hybridized carbons (Fsp3) is 0.375. The predicted molar refractivity (Wildman–Crippen MR) is 76.3 cm³/mol. The van der Waals surface area contributed by atoms with E-state index in [4.69, 9.17) is 9.47 Å². The van der Waals surface area contributed by atoms with Crippen LogP contribution in [0.4, 0.5) is 0 Å². The first-order chi connectivity index (χ1) is 9.63. The van der Waals surface area contributed by atoms with Gasteiger partial charge in [-0.3, -0.25) is 0 Å². The summed E-state index contributed by atoms with van der Waals surface area (Å²) in [4.78, 5) is 22.8. The first-order valence-electron chi connectivity index (χ1n) is 6.65. The zero-order valence-corrected chi connectivity index (χ0v) is 11.9. The van der Waals surface area contributed by atoms with Crippen molar-refractivity contribution < 1.29 is 19.1 Å². The monoisotopic (exact) mass is 276 g/mol. The van der Waals surface area contributed by atoms with Crippen molar-refractivity contribution in [3.63, 3.8) is 0 Å². The van der Waals surface area contributed by atoms with Crippen LogP contribution in [-0.2, 0) is 14.3 Å². The lowest BCUT2D eigenvalue weighted by Gasteiger charge is -2.11. The van der Waals surface area contributed by atoms with Crippen LogP contribution in [0.25, 0.3) is 0 Å². The molecule has 0 amide bonds. The summed E-state index contributed by atoms with van der Waals surface area (Å²) < 4.78 is 10.2. The van der Waals surface area contributed by atoms with Gasteiger partial charge in [0.25, 0.3) is 0 Å². The molecular formula is C16H20O4. The summed E-state index contributed by atoms with van der Waals surface area (Å²) in [5.41, 5.74) is 0.541. The Morgan fingerprint density at radius 3 is 2.55 bits per heavy atom. The Morgan fingerprint density at radius 2 is 1.90 bits per heavy atom. The smallest absolute Gasteiger partial charge is 0.338 e. The first kappa shape index (κ1) is 16.0. The fourth-order valence-electron chi connectivity index (χ4n) is 1.50. The Kier molecular flexibility index (Phi) is 7.11. The summed E-state index contributed by atoms with van der Waals surface area (Å²) in [6, 6.07) is 8.85. The van der Waals surface area contributed by atoms with Crippen LogP contribution in [0.15, 0.2) is 42.5 Å². The van der Waals surface area contributed by atoms with Crippen LogP contribution in [-0.4, -0.2) is 25.2 Å². The molecule has 0 aliphatic carbocycles. The third-order valence-electron chi connectivity index (χ3n) is 2.67. The number of esters is 2. The summed E-state index contributed by atoms with van der Waals surface area (Å²) in [5, 5.41) is 0. The number of rotatable bonds is 7. The van der Waals surface area contributed by atoms with Gasteiger partial charge >= 0.3 is 11.9 Å². The summed E-state index contributed by atoms with van der Waals surface area (Å²) >= 11 is 0. The fourth-order valence-corrected chi connectivity index (χ4v) is 1.50. The van der Waals surface area contributed by atoms with Crippen LogP contribution >= 0.6 is 0 Å². The molecule has 0 saturated heterocycles. The van der Waals surface area contributed by atoms with E-state index in [-0.39, 0.29) is 17.9 Å². The number of hydrogen-bond donors (Lipinski definition) is 0. The molecular weight excluding hydrogens is 256 g/mol. The van der Waals surface area contributed by atoms with Gasteiger partial charge in [0.1, 0.15) is 0 Å². The minimum atomic E-state index is -0.347. The van der Waals surface area contributed by atoms with Crippen molar-refractivity contribution in [3.8, 4) is 0 Å². The standard InChI is InChI=1S/C16H20O4/c1-3-7-15(17)20-12-13(2)10-11-19-16(18)14-8-5-4-6-9-14/h3-9,13H,10-12H2,1-2H3. The van der Waals surface area contributed by atoms with Crippen molar-refractivity contribution in [2.24, 2.45) is 5.92 Å². The van der Waals surface area contributed by atoms with E-state index in [9.17, 15) is 9.59 Å². The summed E-state index contributed by atoms with van der Waals surface area (Å²) in [6.45, 7) is 4.34. The molecule has 0 radical (unpaired) electrons. The highest BCUT2D eigenvalue weighted by atomic mass is 16.5. The molecule has 0 bridgehead atoms. The number of carbonyl (C=O) groups excluding carboxylic acids is 2. The molecule has 1 rings (SSSR count). The minimum absolute atomic E-state index is 0.146. The van der Waals surface area contributed by atoms with Crippen LogP contribution in [0, 0.1) is 5.92 Å². The van der Waals surface area contributed by atoms with Crippen LogP contribution in [0.2, 0.25) is 0 Å². The van der Waals surface area contributed by atoms with Crippen LogP contribution < -0.4 is 0 Å². The van der Waals surface area contributed by atoms with Gasteiger partial charge in [-0.25, -0.2) is 9.59 Å². The van der Waals surface area contributed by atoms with Gasteiger partial charge < -0.3 is 9.47 Å². The molecule has 4 nitrogen and oxygen atoms in total. The number of carbonyl (C=O) groups is 2. The number of benzene rings is 1. The van der Waals surface area contributed by atoms with Crippen LogP contribution in [0.3, 0.4) is 0 Å². The zero-order chi connectivity index (χ0) is 14.8. The van der Waals surface area contributed by atoms with Gasteiger partial charge in [-0.15, -0.1) is 0 Å². The Hall–Kier alpha value is -2.10. The molecule has 0 aromatic heterocycles. The predicted octanol–water partition coefficient (Wildman–Crippen LogP) is 2.99. The van der Waals surface area contributed by atoms with Gasteiger partial charge in [0.2, 0.25) is 0 Å². The largest absolute Gasteiger partial charge is 0.462 e. The van der Waals surface area contributed by atoms with E-state index >= 15 is 0 Å². The highest BCUT2D eigenvalue weighted by Crippen LogP contribution is 2.06. The highest BCUT2D eigenvalue weighted by Gasteiger charge is 2.09. The van der Waals surface area contributed by atoms with E-state index in [2.05, 4.69) is 0 Å². The molecule has 1 aromatic rings. The van der Waals surface area contributed by atoms with Crippen molar-refractivity contribution in [1.29, 1.82) is 0 Å². The molecule has 4 heteroatoms. The van der Waals surface area contributed by atoms with Gasteiger partial charge in [0, 0.05) is 6.08 Å². The maximum Gasteiger partial charge on any atom is 0.338 e. The van der Waals surface area contributed by atoms with E-state index in [1.54, 1.807) is 37.3 Å². The molecule has 1 unspecified atom stereocenters. The summed E-state index contributed by atoms with van der Waals surface area (Å²) in [7, 11) is 0. The molecule has 0 N–H and O–H groups in total. The third kappa shape index (κ3) is 6.18.